The van der Waals surface area contributed by atoms with Crippen LogP contribution in [0.4, 0.5) is 5.69 Å². The molecule has 28 heavy (non-hydrogen) atoms. The normalized spacial score (nSPS) is 10.8. The molecular formula is C19H18Cl2N4OS2. The van der Waals surface area contributed by atoms with E-state index in [-0.39, 0.29) is 11.7 Å². The molecule has 5 nitrogen and oxygen atoms in total. The molecule has 3 aromatic rings. The second-order valence-corrected chi connectivity index (χ2v) is 8.67. The molecule has 0 aliphatic carbocycles. The standard InChI is InChI=1S/C19H18Cl2N4OS2/c1-25-17(11-27-10-13-6-8-14(20)9-7-13)23-24-19(25)28-12-18(26)22-16-5-3-2-4-15(16)21/h2-9H,10-12H2,1H3,(H,22,26). The molecule has 9 heteroatoms. The number of halogens is 2. The number of nitrogens with one attached hydrogen (secondary N) is 1. The van der Waals surface area contributed by atoms with Crippen molar-refractivity contribution in [1.29, 1.82) is 0 Å². The molecule has 2 aromatic carbocycles. The lowest BCUT2D eigenvalue weighted by molar-refractivity contribution is -0.113. The van der Waals surface area contributed by atoms with Gasteiger partial charge in [0, 0.05) is 17.8 Å². The fraction of sp³-hybridized carbons (Fsp3) is 0.211. The van der Waals surface area contributed by atoms with E-state index in [0.717, 1.165) is 22.4 Å². The van der Waals surface area contributed by atoms with Crippen molar-refractivity contribution >= 4 is 58.3 Å². The number of para-hydroxylation sites is 1. The van der Waals surface area contributed by atoms with E-state index in [1.165, 1.54) is 17.3 Å². The molecule has 0 saturated carbocycles. The first kappa shape index (κ1) is 21.0. The van der Waals surface area contributed by atoms with Gasteiger partial charge in [0.05, 0.1) is 22.2 Å². The molecule has 0 aliphatic rings. The summed E-state index contributed by atoms with van der Waals surface area (Å²) < 4.78 is 1.92. The van der Waals surface area contributed by atoms with Gasteiger partial charge in [-0.15, -0.1) is 22.0 Å². The van der Waals surface area contributed by atoms with Gasteiger partial charge in [0.1, 0.15) is 5.82 Å². The van der Waals surface area contributed by atoms with Gasteiger partial charge in [-0.05, 0) is 29.8 Å². The summed E-state index contributed by atoms with van der Waals surface area (Å²) in [5.74, 6) is 2.56. The maximum absolute atomic E-state index is 12.1. The number of nitrogens with zero attached hydrogens (tertiary/aromatic N) is 3. The molecule has 0 radical (unpaired) electrons. The number of hydrogen-bond acceptors (Lipinski definition) is 5. The van der Waals surface area contributed by atoms with E-state index in [0.29, 0.717) is 15.9 Å². The van der Waals surface area contributed by atoms with Crippen LogP contribution in [0.5, 0.6) is 0 Å². The molecule has 0 bridgehead atoms. The maximum atomic E-state index is 12.1. The zero-order chi connectivity index (χ0) is 19.9. The number of thioether (sulfide) groups is 2. The second kappa shape index (κ2) is 10.2. The molecule has 0 unspecified atom stereocenters. The Kier molecular flexibility index (Phi) is 7.67. The molecule has 0 saturated heterocycles. The Morgan fingerprint density at radius 2 is 1.82 bits per heavy atom. The van der Waals surface area contributed by atoms with Crippen molar-refractivity contribution in [3.63, 3.8) is 0 Å². The topological polar surface area (TPSA) is 59.8 Å². The van der Waals surface area contributed by atoms with E-state index in [9.17, 15) is 4.79 Å². The van der Waals surface area contributed by atoms with E-state index in [4.69, 9.17) is 23.2 Å². The molecule has 146 valence electrons. The summed E-state index contributed by atoms with van der Waals surface area (Å²) in [7, 11) is 1.91. The number of rotatable bonds is 8. The molecule has 1 heterocycles. The van der Waals surface area contributed by atoms with Crippen LogP contribution in [0, 0.1) is 0 Å². The first-order chi connectivity index (χ1) is 13.5. The van der Waals surface area contributed by atoms with Gasteiger partial charge >= 0.3 is 0 Å². The Labute approximate surface area is 182 Å². The Morgan fingerprint density at radius 1 is 1.07 bits per heavy atom. The van der Waals surface area contributed by atoms with Gasteiger partial charge in [-0.3, -0.25) is 4.79 Å². The van der Waals surface area contributed by atoms with E-state index in [1.807, 2.05) is 48.0 Å². The minimum absolute atomic E-state index is 0.139. The third-order valence-electron chi connectivity index (χ3n) is 3.82. The molecule has 0 spiro atoms. The number of aromatic nitrogens is 3. The Morgan fingerprint density at radius 3 is 2.57 bits per heavy atom. The van der Waals surface area contributed by atoms with Crippen LogP contribution in [0.15, 0.2) is 53.7 Å². The van der Waals surface area contributed by atoms with Gasteiger partial charge in [0.2, 0.25) is 5.91 Å². The molecular weight excluding hydrogens is 435 g/mol. The highest BCUT2D eigenvalue weighted by atomic mass is 35.5. The van der Waals surface area contributed by atoms with Crippen molar-refractivity contribution in [2.75, 3.05) is 11.1 Å². The number of hydrogen-bond donors (Lipinski definition) is 1. The lowest BCUT2D eigenvalue weighted by atomic mass is 10.2. The first-order valence-electron chi connectivity index (χ1n) is 8.40. The Balaban J connectivity index is 1.48. The molecule has 1 N–H and O–H groups in total. The zero-order valence-corrected chi connectivity index (χ0v) is 18.2. The van der Waals surface area contributed by atoms with Crippen LogP contribution in [-0.4, -0.2) is 26.4 Å². The van der Waals surface area contributed by atoms with Gasteiger partial charge in [0.25, 0.3) is 0 Å². The smallest absolute Gasteiger partial charge is 0.234 e. The van der Waals surface area contributed by atoms with Crippen molar-refractivity contribution in [3.8, 4) is 0 Å². The van der Waals surface area contributed by atoms with Gasteiger partial charge < -0.3 is 9.88 Å². The summed E-state index contributed by atoms with van der Waals surface area (Å²) in [6.07, 6.45) is 0. The average Bonchev–Trinajstić information content (AvgIpc) is 3.03. The minimum Gasteiger partial charge on any atom is -0.324 e. The summed E-state index contributed by atoms with van der Waals surface area (Å²) in [5, 5.41) is 13.2. The third-order valence-corrected chi connectivity index (χ3v) is 6.42. The molecule has 0 atom stereocenters. The number of carbonyl (C=O) groups excluding carboxylic acids is 1. The first-order valence-corrected chi connectivity index (χ1v) is 11.3. The van der Waals surface area contributed by atoms with Crippen molar-refractivity contribution in [2.45, 2.75) is 16.7 Å². The van der Waals surface area contributed by atoms with Crippen molar-refractivity contribution in [1.82, 2.24) is 14.8 Å². The van der Waals surface area contributed by atoms with Gasteiger partial charge in [-0.1, -0.05) is 59.2 Å². The summed E-state index contributed by atoms with van der Waals surface area (Å²) in [6, 6.07) is 15.0. The van der Waals surface area contributed by atoms with E-state index < -0.39 is 0 Å². The second-order valence-electron chi connectivity index (χ2n) is 5.89. The summed E-state index contributed by atoms with van der Waals surface area (Å²) in [5.41, 5.74) is 1.81. The fourth-order valence-electron chi connectivity index (χ4n) is 2.32. The van der Waals surface area contributed by atoms with Crippen molar-refractivity contribution < 1.29 is 4.79 Å². The highest BCUT2D eigenvalue weighted by molar-refractivity contribution is 7.99. The van der Waals surface area contributed by atoms with Crippen molar-refractivity contribution in [3.05, 3.63) is 70.0 Å². The highest BCUT2D eigenvalue weighted by Gasteiger charge is 2.12. The largest absolute Gasteiger partial charge is 0.324 e. The van der Waals surface area contributed by atoms with Crippen LogP contribution in [0.3, 0.4) is 0 Å². The predicted octanol–water partition coefficient (Wildman–Crippen LogP) is 5.29. The SMILES string of the molecule is Cn1c(CSCc2ccc(Cl)cc2)nnc1SCC(=O)Nc1ccccc1Cl. The average molecular weight is 453 g/mol. The highest BCUT2D eigenvalue weighted by Crippen LogP contribution is 2.23. The molecule has 0 aliphatic heterocycles. The Hall–Kier alpha value is -1.67. The van der Waals surface area contributed by atoms with Crippen LogP contribution < -0.4 is 5.32 Å². The fourth-order valence-corrected chi connectivity index (χ4v) is 4.32. The van der Waals surface area contributed by atoms with E-state index in [2.05, 4.69) is 15.5 Å². The predicted molar refractivity (Wildman–Crippen MR) is 118 cm³/mol. The quantitative estimate of drug-likeness (QED) is 0.470. The van der Waals surface area contributed by atoms with Crippen LogP contribution in [0.2, 0.25) is 10.0 Å². The lowest BCUT2D eigenvalue weighted by Gasteiger charge is -2.07. The Bertz CT molecular complexity index is 947. The monoisotopic (exact) mass is 452 g/mol. The summed E-state index contributed by atoms with van der Waals surface area (Å²) in [6.45, 7) is 0. The summed E-state index contributed by atoms with van der Waals surface area (Å²) in [4.78, 5) is 12.1. The van der Waals surface area contributed by atoms with Crippen LogP contribution >= 0.6 is 46.7 Å². The zero-order valence-electron chi connectivity index (χ0n) is 15.1. The molecule has 1 amide bonds. The number of anilines is 1. The number of amides is 1. The van der Waals surface area contributed by atoms with E-state index in [1.54, 1.807) is 23.9 Å². The molecule has 0 fully saturated rings. The lowest BCUT2D eigenvalue weighted by Crippen LogP contribution is -2.14. The summed E-state index contributed by atoms with van der Waals surface area (Å²) >= 11 is 15.1. The van der Waals surface area contributed by atoms with Gasteiger partial charge in [0.15, 0.2) is 5.16 Å². The van der Waals surface area contributed by atoms with Crippen molar-refractivity contribution in [2.24, 2.45) is 7.05 Å². The maximum Gasteiger partial charge on any atom is 0.234 e. The minimum atomic E-state index is -0.139. The third kappa shape index (κ3) is 5.91. The van der Waals surface area contributed by atoms with E-state index >= 15 is 0 Å². The van der Waals surface area contributed by atoms with Crippen LogP contribution in [-0.2, 0) is 23.3 Å². The molecule has 1 aromatic heterocycles. The van der Waals surface area contributed by atoms with Crippen LogP contribution in [0.1, 0.15) is 11.4 Å². The van der Waals surface area contributed by atoms with Gasteiger partial charge in [-0.25, -0.2) is 0 Å². The van der Waals surface area contributed by atoms with Crippen LogP contribution in [0.25, 0.3) is 0 Å². The number of benzene rings is 2. The molecule has 3 rings (SSSR count). The number of carbonyl (C=O) groups is 1. The van der Waals surface area contributed by atoms with Gasteiger partial charge in [-0.2, -0.15) is 0 Å².